The van der Waals surface area contributed by atoms with E-state index in [9.17, 15) is 9.59 Å². The first-order chi connectivity index (χ1) is 13.6. The van der Waals surface area contributed by atoms with E-state index < -0.39 is 5.97 Å². The molecule has 0 unspecified atom stereocenters. The van der Waals surface area contributed by atoms with Crippen LogP contribution in [0.25, 0.3) is 22.6 Å². The molecule has 0 atom stereocenters. The maximum absolute atomic E-state index is 12.2. The second-order valence-electron chi connectivity index (χ2n) is 6.03. The molecule has 0 aliphatic carbocycles. The van der Waals surface area contributed by atoms with E-state index in [-0.39, 0.29) is 12.2 Å². The van der Waals surface area contributed by atoms with Gasteiger partial charge in [-0.25, -0.2) is 14.8 Å². The highest BCUT2D eigenvalue weighted by Gasteiger charge is 2.05. The first-order valence-corrected chi connectivity index (χ1v) is 9.26. The van der Waals surface area contributed by atoms with E-state index in [0.717, 1.165) is 15.4 Å². The Hall–Kier alpha value is -3.32. The Morgan fingerprint density at radius 2 is 1.96 bits per heavy atom. The van der Waals surface area contributed by atoms with Gasteiger partial charge in [-0.1, -0.05) is 24.3 Å². The second kappa shape index (κ2) is 7.74. The Morgan fingerprint density at radius 1 is 1.11 bits per heavy atom. The first kappa shape index (κ1) is 18.1. The average molecular weight is 436 g/mol. The van der Waals surface area contributed by atoms with Crippen molar-refractivity contribution in [3.05, 3.63) is 93.1 Å². The predicted octanol–water partition coefficient (Wildman–Crippen LogP) is 3.76. The number of halogens is 1. The summed E-state index contributed by atoms with van der Waals surface area (Å²) in [5, 5.41) is 1.03. The van der Waals surface area contributed by atoms with Crippen molar-refractivity contribution in [1.82, 2.24) is 14.4 Å². The molecule has 1 aromatic carbocycles. The standard InChI is InChI=1S/C21H14BrN3O3/c22-15-6-9-19-24-17(11-20(26)25(19)12-15)13-28-21(27)10-8-16-7-5-14-3-1-2-4-18(14)23-16/h1-12H,13H2. The van der Waals surface area contributed by atoms with Gasteiger partial charge >= 0.3 is 5.97 Å². The molecule has 3 heterocycles. The zero-order chi connectivity index (χ0) is 19.5. The van der Waals surface area contributed by atoms with E-state index in [0.29, 0.717) is 17.0 Å². The molecule has 0 aliphatic heterocycles. The number of aromatic nitrogens is 3. The van der Waals surface area contributed by atoms with Crippen molar-refractivity contribution in [1.29, 1.82) is 0 Å². The number of hydrogen-bond acceptors (Lipinski definition) is 5. The molecule has 0 amide bonds. The summed E-state index contributed by atoms with van der Waals surface area (Å²) in [6.07, 6.45) is 4.54. The van der Waals surface area contributed by atoms with Crippen LogP contribution in [-0.2, 0) is 16.1 Å². The van der Waals surface area contributed by atoms with Gasteiger partial charge in [0.15, 0.2) is 0 Å². The normalized spacial score (nSPS) is 11.3. The Morgan fingerprint density at radius 3 is 2.86 bits per heavy atom. The third-order valence-corrected chi connectivity index (χ3v) is 4.52. The largest absolute Gasteiger partial charge is 0.456 e. The topological polar surface area (TPSA) is 73.6 Å². The number of benzene rings is 1. The van der Waals surface area contributed by atoms with Gasteiger partial charge in [-0.3, -0.25) is 9.20 Å². The summed E-state index contributed by atoms with van der Waals surface area (Å²) in [6, 6.07) is 16.4. The number of carbonyl (C=O) groups excluding carboxylic acids is 1. The number of esters is 1. The minimum atomic E-state index is -0.534. The molecule has 0 fully saturated rings. The van der Waals surface area contributed by atoms with Crippen molar-refractivity contribution in [2.45, 2.75) is 6.61 Å². The van der Waals surface area contributed by atoms with Gasteiger partial charge in [-0.2, -0.15) is 0 Å². The van der Waals surface area contributed by atoms with E-state index in [2.05, 4.69) is 25.9 Å². The monoisotopic (exact) mass is 435 g/mol. The average Bonchev–Trinajstić information content (AvgIpc) is 2.71. The zero-order valence-corrected chi connectivity index (χ0v) is 16.2. The van der Waals surface area contributed by atoms with Crippen molar-refractivity contribution in [3.8, 4) is 0 Å². The molecule has 0 N–H and O–H groups in total. The lowest BCUT2D eigenvalue weighted by Gasteiger charge is -2.05. The van der Waals surface area contributed by atoms with Gasteiger partial charge in [0.05, 0.1) is 16.9 Å². The molecule has 0 spiro atoms. The van der Waals surface area contributed by atoms with Gasteiger partial charge in [0.2, 0.25) is 0 Å². The van der Waals surface area contributed by atoms with E-state index in [4.69, 9.17) is 4.74 Å². The van der Waals surface area contributed by atoms with Crippen LogP contribution >= 0.6 is 15.9 Å². The summed E-state index contributed by atoms with van der Waals surface area (Å²) in [7, 11) is 0. The fourth-order valence-electron chi connectivity index (χ4n) is 2.72. The van der Waals surface area contributed by atoms with Crippen molar-refractivity contribution in [2.75, 3.05) is 0 Å². The zero-order valence-electron chi connectivity index (χ0n) is 14.6. The van der Waals surface area contributed by atoms with Crippen LogP contribution in [0.1, 0.15) is 11.4 Å². The molecule has 0 bridgehead atoms. The number of rotatable bonds is 4. The summed E-state index contributed by atoms with van der Waals surface area (Å²) < 4.78 is 7.38. The molecule has 0 saturated heterocycles. The van der Waals surface area contributed by atoms with Gasteiger partial charge in [0.25, 0.3) is 5.56 Å². The number of nitrogens with zero attached hydrogens (tertiary/aromatic N) is 3. The van der Waals surface area contributed by atoms with Crippen molar-refractivity contribution >= 4 is 44.5 Å². The number of carbonyl (C=O) groups is 1. The summed E-state index contributed by atoms with van der Waals surface area (Å²) >= 11 is 3.32. The van der Waals surface area contributed by atoms with E-state index >= 15 is 0 Å². The summed E-state index contributed by atoms with van der Waals surface area (Å²) in [5.41, 5.74) is 2.14. The minimum absolute atomic E-state index is 0.0872. The third kappa shape index (κ3) is 3.99. The quantitative estimate of drug-likeness (QED) is 0.360. The molecule has 7 heteroatoms. The van der Waals surface area contributed by atoms with Crippen LogP contribution < -0.4 is 5.56 Å². The van der Waals surface area contributed by atoms with Crippen LogP contribution in [0.3, 0.4) is 0 Å². The number of para-hydroxylation sites is 1. The van der Waals surface area contributed by atoms with Crippen LogP contribution in [0.4, 0.5) is 0 Å². The highest BCUT2D eigenvalue weighted by atomic mass is 79.9. The number of hydrogen-bond donors (Lipinski definition) is 0. The molecule has 6 nitrogen and oxygen atoms in total. The highest BCUT2D eigenvalue weighted by Crippen LogP contribution is 2.13. The summed E-state index contributed by atoms with van der Waals surface area (Å²) in [5.74, 6) is -0.534. The lowest BCUT2D eigenvalue weighted by atomic mass is 10.2. The van der Waals surface area contributed by atoms with Gasteiger partial charge in [0.1, 0.15) is 12.3 Å². The van der Waals surface area contributed by atoms with Crippen LogP contribution in [-0.4, -0.2) is 20.3 Å². The van der Waals surface area contributed by atoms with E-state index in [1.807, 2.05) is 36.4 Å². The van der Waals surface area contributed by atoms with Crippen molar-refractivity contribution in [3.63, 3.8) is 0 Å². The van der Waals surface area contributed by atoms with Gasteiger partial charge < -0.3 is 4.74 Å². The molecule has 0 radical (unpaired) electrons. The maximum Gasteiger partial charge on any atom is 0.331 e. The van der Waals surface area contributed by atoms with Gasteiger partial charge in [-0.15, -0.1) is 0 Å². The Bertz CT molecular complexity index is 1280. The van der Waals surface area contributed by atoms with Crippen LogP contribution in [0.15, 0.2) is 76.1 Å². The second-order valence-corrected chi connectivity index (χ2v) is 6.95. The van der Waals surface area contributed by atoms with E-state index in [1.54, 1.807) is 24.4 Å². The minimum Gasteiger partial charge on any atom is -0.456 e. The Balaban J connectivity index is 1.45. The third-order valence-electron chi connectivity index (χ3n) is 4.05. The number of pyridine rings is 2. The highest BCUT2D eigenvalue weighted by molar-refractivity contribution is 9.10. The predicted molar refractivity (Wildman–Crippen MR) is 110 cm³/mol. The summed E-state index contributed by atoms with van der Waals surface area (Å²) in [6.45, 7) is -0.0872. The lowest BCUT2D eigenvalue weighted by molar-refractivity contribution is -0.139. The summed E-state index contributed by atoms with van der Waals surface area (Å²) in [4.78, 5) is 32.9. The van der Waals surface area contributed by atoms with Crippen molar-refractivity contribution < 1.29 is 9.53 Å². The molecule has 0 aliphatic rings. The van der Waals surface area contributed by atoms with E-state index in [1.165, 1.54) is 16.5 Å². The molecular formula is C21H14BrN3O3. The fourth-order valence-corrected chi connectivity index (χ4v) is 3.06. The Labute approximate surface area is 168 Å². The molecule has 28 heavy (non-hydrogen) atoms. The van der Waals surface area contributed by atoms with Gasteiger partial charge in [0, 0.05) is 28.2 Å². The lowest BCUT2D eigenvalue weighted by Crippen LogP contribution is -2.16. The maximum atomic E-state index is 12.2. The molecule has 3 aromatic heterocycles. The first-order valence-electron chi connectivity index (χ1n) is 8.47. The number of ether oxygens (including phenoxy) is 1. The smallest absolute Gasteiger partial charge is 0.331 e. The van der Waals surface area contributed by atoms with Crippen LogP contribution in [0, 0.1) is 0 Å². The SMILES string of the molecule is O=C(C=Cc1ccc2ccccc2n1)OCc1cc(=O)n2cc(Br)ccc2n1. The molecule has 4 aromatic rings. The van der Waals surface area contributed by atoms with Crippen molar-refractivity contribution in [2.24, 2.45) is 0 Å². The Kier molecular flexibility index (Phi) is 4.99. The molecular weight excluding hydrogens is 422 g/mol. The molecule has 0 saturated carbocycles. The van der Waals surface area contributed by atoms with Crippen LogP contribution in [0.2, 0.25) is 0 Å². The number of fused-ring (bicyclic) bond motifs is 2. The van der Waals surface area contributed by atoms with Crippen LogP contribution in [0.5, 0.6) is 0 Å². The fraction of sp³-hybridized carbons (Fsp3) is 0.0476. The van der Waals surface area contributed by atoms with Gasteiger partial charge in [-0.05, 0) is 46.3 Å². The molecule has 4 rings (SSSR count). The molecule has 138 valence electrons.